The number of pyridine rings is 1. The molecule has 2 N–H and O–H groups in total. The van der Waals surface area contributed by atoms with Crippen LogP contribution in [0.5, 0.6) is 0 Å². The van der Waals surface area contributed by atoms with Gasteiger partial charge in [-0.15, -0.1) is 0 Å². The molecule has 2 heterocycles. The number of para-hydroxylation sites is 1. The Kier molecular flexibility index (Phi) is 4.86. The van der Waals surface area contributed by atoms with Crippen LogP contribution >= 0.6 is 0 Å². The van der Waals surface area contributed by atoms with Crippen molar-refractivity contribution in [3.8, 4) is 5.69 Å². The van der Waals surface area contributed by atoms with E-state index in [1.165, 1.54) is 6.07 Å². The number of halogens is 1. The summed E-state index contributed by atoms with van der Waals surface area (Å²) in [5, 5.41) is 7.09. The van der Waals surface area contributed by atoms with Crippen LogP contribution in [0.25, 0.3) is 16.6 Å². The predicted octanol–water partition coefficient (Wildman–Crippen LogP) is 4.37. The van der Waals surface area contributed by atoms with Gasteiger partial charge in [0, 0.05) is 30.4 Å². The van der Waals surface area contributed by atoms with Gasteiger partial charge in [0.25, 0.3) is 5.91 Å². The zero-order valence-electron chi connectivity index (χ0n) is 17.1. The Balaban J connectivity index is 1.39. The Hall–Kier alpha value is -3.74. The Morgan fingerprint density at radius 3 is 2.77 bits per heavy atom. The number of fused-ring (bicyclic) bond motifs is 1. The molecule has 2 aromatic carbocycles. The molecule has 0 saturated heterocycles. The van der Waals surface area contributed by atoms with Crippen molar-refractivity contribution in [2.75, 3.05) is 5.32 Å². The number of aromatic nitrogens is 3. The maximum absolute atomic E-state index is 14.7. The van der Waals surface area contributed by atoms with Crippen molar-refractivity contribution in [1.82, 2.24) is 19.9 Å². The van der Waals surface area contributed by atoms with E-state index in [0.717, 1.165) is 35.1 Å². The Labute approximate surface area is 179 Å². The molecule has 0 bridgehead atoms. The minimum absolute atomic E-state index is 0.0877. The van der Waals surface area contributed by atoms with Crippen molar-refractivity contribution in [1.29, 1.82) is 0 Å². The van der Waals surface area contributed by atoms with Gasteiger partial charge in [0.2, 0.25) is 0 Å². The van der Waals surface area contributed by atoms with E-state index in [9.17, 15) is 9.18 Å². The number of amides is 1. The van der Waals surface area contributed by atoms with Crippen molar-refractivity contribution in [3.05, 3.63) is 83.7 Å². The first-order valence-electron chi connectivity index (χ1n) is 10.3. The average molecular weight is 415 g/mol. The van der Waals surface area contributed by atoms with Gasteiger partial charge in [0.05, 0.1) is 16.8 Å². The van der Waals surface area contributed by atoms with Crippen LogP contribution in [0.4, 0.5) is 10.2 Å². The first-order chi connectivity index (χ1) is 15.1. The predicted molar refractivity (Wildman–Crippen MR) is 118 cm³/mol. The molecule has 1 aliphatic rings. The summed E-state index contributed by atoms with van der Waals surface area (Å²) in [6, 6.07) is 14.7. The van der Waals surface area contributed by atoms with Crippen LogP contribution in [-0.2, 0) is 6.54 Å². The van der Waals surface area contributed by atoms with Gasteiger partial charge < -0.3 is 15.2 Å². The van der Waals surface area contributed by atoms with Gasteiger partial charge in [-0.05, 0) is 49.6 Å². The second-order valence-electron chi connectivity index (χ2n) is 7.80. The van der Waals surface area contributed by atoms with Crippen LogP contribution in [-0.4, -0.2) is 26.5 Å². The Morgan fingerprint density at radius 1 is 1.19 bits per heavy atom. The number of anilines is 1. The smallest absolute Gasteiger partial charge is 0.252 e. The second kappa shape index (κ2) is 7.83. The minimum atomic E-state index is -0.323. The fourth-order valence-electron chi connectivity index (χ4n) is 3.63. The molecule has 6 nitrogen and oxygen atoms in total. The zero-order valence-corrected chi connectivity index (χ0v) is 17.1. The van der Waals surface area contributed by atoms with Crippen LogP contribution in [0.3, 0.4) is 0 Å². The second-order valence-corrected chi connectivity index (χ2v) is 7.80. The number of nitrogens with one attached hydrogen (secondary N) is 2. The topological polar surface area (TPSA) is 71.8 Å². The minimum Gasteiger partial charge on any atom is -0.366 e. The molecular formula is C24H22FN5O. The van der Waals surface area contributed by atoms with Crippen molar-refractivity contribution in [3.63, 3.8) is 0 Å². The maximum Gasteiger partial charge on any atom is 0.252 e. The molecule has 1 aliphatic carbocycles. The van der Waals surface area contributed by atoms with Crippen LogP contribution in [0.1, 0.15) is 34.6 Å². The molecule has 0 atom stereocenters. The molecule has 7 heteroatoms. The van der Waals surface area contributed by atoms with Gasteiger partial charge in [0.15, 0.2) is 0 Å². The number of imidazole rings is 1. The van der Waals surface area contributed by atoms with Crippen molar-refractivity contribution >= 4 is 22.6 Å². The Morgan fingerprint density at radius 2 is 2.03 bits per heavy atom. The summed E-state index contributed by atoms with van der Waals surface area (Å²) >= 11 is 0. The zero-order chi connectivity index (χ0) is 21.4. The normalized spacial score (nSPS) is 13.4. The third-order valence-corrected chi connectivity index (χ3v) is 5.44. The molecule has 0 unspecified atom stereocenters. The van der Waals surface area contributed by atoms with Gasteiger partial charge in [-0.1, -0.05) is 24.3 Å². The first kappa shape index (κ1) is 19.2. The maximum atomic E-state index is 14.7. The van der Waals surface area contributed by atoms with Gasteiger partial charge >= 0.3 is 0 Å². The van der Waals surface area contributed by atoms with E-state index < -0.39 is 0 Å². The van der Waals surface area contributed by atoms with E-state index in [4.69, 9.17) is 0 Å². The molecular weight excluding hydrogens is 393 g/mol. The van der Waals surface area contributed by atoms with Crippen molar-refractivity contribution in [2.24, 2.45) is 0 Å². The molecule has 2 aromatic heterocycles. The first-order valence-corrected chi connectivity index (χ1v) is 10.3. The highest BCUT2D eigenvalue weighted by Gasteiger charge is 2.25. The van der Waals surface area contributed by atoms with E-state index in [1.807, 2.05) is 37.3 Å². The van der Waals surface area contributed by atoms with Crippen molar-refractivity contribution < 1.29 is 9.18 Å². The number of carbonyl (C=O) groups excluding carboxylic acids is 1. The van der Waals surface area contributed by atoms with Crippen LogP contribution in [0, 0.1) is 12.7 Å². The summed E-state index contributed by atoms with van der Waals surface area (Å²) in [5.74, 6) is 0.892. The average Bonchev–Trinajstić information content (AvgIpc) is 3.49. The molecule has 0 radical (unpaired) electrons. The van der Waals surface area contributed by atoms with E-state index in [-0.39, 0.29) is 17.8 Å². The molecule has 1 fully saturated rings. The van der Waals surface area contributed by atoms with Gasteiger partial charge in [0.1, 0.15) is 17.5 Å². The fraction of sp³-hybridized carbons (Fsp3) is 0.208. The molecule has 1 saturated carbocycles. The number of benzene rings is 2. The highest BCUT2D eigenvalue weighted by molar-refractivity contribution is 6.07. The summed E-state index contributed by atoms with van der Waals surface area (Å²) in [4.78, 5) is 21.5. The lowest BCUT2D eigenvalue weighted by molar-refractivity contribution is 0.0952. The summed E-state index contributed by atoms with van der Waals surface area (Å²) in [7, 11) is 0. The standard InChI is InChI=1S/C24H22FN5O/c1-15-26-10-11-30(15)22-9-6-16(12-20(22)25)14-27-23-13-19(24(31)28-17-7-8-17)18-4-2-3-5-21(18)29-23/h2-6,9-13,17H,7-8,14H2,1H3,(H,27,29)(H,28,31). The van der Waals surface area contributed by atoms with Gasteiger partial charge in [-0.2, -0.15) is 0 Å². The lowest BCUT2D eigenvalue weighted by Gasteiger charge is -2.12. The molecule has 31 heavy (non-hydrogen) atoms. The van der Waals surface area contributed by atoms with Crippen LogP contribution in [0.2, 0.25) is 0 Å². The molecule has 4 aromatic rings. The highest BCUT2D eigenvalue weighted by atomic mass is 19.1. The van der Waals surface area contributed by atoms with E-state index in [2.05, 4.69) is 20.6 Å². The van der Waals surface area contributed by atoms with E-state index >= 15 is 0 Å². The lowest BCUT2D eigenvalue weighted by Crippen LogP contribution is -2.25. The molecule has 0 spiro atoms. The van der Waals surface area contributed by atoms with Gasteiger partial charge in [-0.25, -0.2) is 14.4 Å². The molecule has 156 valence electrons. The van der Waals surface area contributed by atoms with Crippen LogP contribution in [0.15, 0.2) is 60.9 Å². The largest absolute Gasteiger partial charge is 0.366 e. The van der Waals surface area contributed by atoms with Gasteiger partial charge in [-0.3, -0.25) is 4.79 Å². The number of hydrogen-bond donors (Lipinski definition) is 2. The summed E-state index contributed by atoms with van der Waals surface area (Å²) in [6.07, 6.45) is 5.44. The summed E-state index contributed by atoms with van der Waals surface area (Å²) in [5.41, 5.74) is 2.57. The Bertz CT molecular complexity index is 1280. The lowest BCUT2D eigenvalue weighted by atomic mass is 10.1. The number of nitrogens with zero attached hydrogens (tertiary/aromatic N) is 3. The molecule has 1 amide bonds. The number of hydrogen-bond acceptors (Lipinski definition) is 4. The number of aryl methyl sites for hydroxylation is 1. The molecule has 0 aliphatic heterocycles. The molecule has 5 rings (SSSR count). The van der Waals surface area contributed by atoms with Crippen molar-refractivity contribution in [2.45, 2.75) is 32.4 Å². The van der Waals surface area contributed by atoms with E-state index in [1.54, 1.807) is 29.1 Å². The third kappa shape index (κ3) is 3.99. The third-order valence-electron chi connectivity index (χ3n) is 5.44. The fourth-order valence-corrected chi connectivity index (χ4v) is 3.63. The highest BCUT2D eigenvalue weighted by Crippen LogP contribution is 2.24. The van der Waals surface area contributed by atoms with Crippen LogP contribution < -0.4 is 10.6 Å². The number of carbonyl (C=O) groups is 1. The SMILES string of the molecule is Cc1nccn1-c1ccc(CNc2cc(C(=O)NC3CC3)c3ccccc3n2)cc1F. The quantitative estimate of drug-likeness (QED) is 0.491. The number of rotatable bonds is 6. The monoisotopic (exact) mass is 415 g/mol. The summed E-state index contributed by atoms with van der Waals surface area (Å²) in [6.45, 7) is 2.21. The van der Waals surface area contributed by atoms with E-state index in [0.29, 0.717) is 23.6 Å². The summed E-state index contributed by atoms with van der Waals surface area (Å²) < 4.78 is 16.4.